The Hall–Kier alpha value is -2.60. The van der Waals surface area contributed by atoms with Crippen LogP contribution in [-0.4, -0.2) is 55.6 Å². The monoisotopic (exact) mass is 354 g/mol. The second kappa shape index (κ2) is 8.19. The molecule has 0 radical (unpaired) electrons. The normalized spacial score (nSPS) is 15.0. The number of carbonyl (C=O) groups excluding carboxylic acids is 1. The van der Waals surface area contributed by atoms with Crippen molar-refractivity contribution in [1.82, 2.24) is 9.88 Å². The molecule has 2 heterocycles. The largest absolute Gasteiger partial charge is 0.480 e. The summed E-state index contributed by atoms with van der Waals surface area (Å²) in [5.41, 5.74) is 4.56. The molecule has 6 nitrogen and oxygen atoms in total. The van der Waals surface area contributed by atoms with Gasteiger partial charge >= 0.3 is 0 Å². The van der Waals surface area contributed by atoms with E-state index in [1.807, 2.05) is 0 Å². The topological polar surface area (TPSA) is 57.7 Å². The van der Waals surface area contributed by atoms with Crippen LogP contribution < -0.4 is 15.0 Å². The summed E-state index contributed by atoms with van der Waals surface area (Å²) in [5, 5.41) is 2.89. The van der Waals surface area contributed by atoms with E-state index in [0.29, 0.717) is 18.1 Å². The van der Waals surface area contributed by atoms with Crippen molar-refractivity contribution in [1.29, 1.82) is 0 Å². The SMILES string of the molecule is COc1ncccc1NC(=O)CN1CCN(c2cccc(C)c2C)CC1. The van der Waals surface area contributed by atoms with E-state index in [1.54, 1.807) is 25.4 Å². The summed E-state index contributed by atoms with van der Waals surface area (Å²) in [5.74, 6) is 0.386. The summed E-state index contributed by atoms with van der Waals surface area (Å²) in [7, 11) is 1.55. The van der Waals surface area contributed by atoms with E-state index >= 15 is 0 Å². The molecular weight excluding hydrogens is 328 g/mol. The Morgan fingerprint density at radius 3 is 2.65 bits per heavy atom. The van der Waals surface area contributed by atoms with Gasteiger partial charge in [-0.15, -0.1) is 0 Å². The summed E-state index contributed by atoms with van der Waals surface area (Å²) in [6.45, 7) is 8.27. The Balaban J connectivity index is 1.54. The van der Waals surface area contributed by atoms with Crippen molar-refractivity contribution in [3.63, 3.8) is 0 Å². The van der Waals surface area contributed by atoms with Gasteiger partial charge in [-0.2, -0.15) is 0 Å². The number of nitrogens with zero attached hydrogens (tertiary/aromatic N) is 3. The minimum absolute atomic E-state index is 0.0449. The molecule has 1 saturated heterocycles. The predicted octanol–water partition coefficient (Wildman–Crippen LogP) is 2.47. The predicted molar refractivity (Wildman–Crippen MR) is 104 cm³/mol. The molecule has 1 aliphatic rings. The number of ether oxygens (including phenoxy) is 1. The number of pyridine rings is 1. The maximum Gasteiger partial charge on any atom is 0.238 e. The smallest absolute Gasteiger partial charge is 0.238 e. The van der Waals surface area contributed by atoms with E-state index in [1.165, 1.54) is 16.8 Å². The van der Waals surface area contributed by atoms with Crippen molar-refractivity contribution >= 4 is 17.3 Å². The first-order valence-electron chi connectivity index (χ1n) is 8.91. The zero-order valence-corrected chi connectivity index (χ0v) is 15.7. The van der Waals surface area contributed by atoms with Crippen LogP contribution in [0.25, 0.3) is 0 Å². The number of aromatic nitrogens is 1. The molecule has 1 amide bonds. The number of anilines is 2. The number of piperazine rings is 1. The summed E-state index contributed by atoms with van der Waals surface area (Å²) in [6, 6.07) is 10.0. The van der Waals surface area contributed by atoms with Crippen molar-refractivity contribution < 1.29 is 9.53 Å². The third-order valence-electron chi connectivity index (χ3n) is 4.89. The zero-order valence-electron chi connectivity index (χ0n) is 15.7. The van der Waals surface area contributed by atoms with Crippen LogP contribution in [0.15, 0.2) is 36.5 Å². The lowest BCUT2D eigenvalue weighted by Gasteiger charge is -2.36. The molecule has 3 rings (SSSR count). The lowest BCUT2D eigenvalue weighted by Crippen LogP contribution is -2.48. The van der Waals surface area contributed by atoms with Crippen LogP contribution >= 0.6 is 0 Å². The Kier molecular flexibility index (Phi) is 5.73. The molecule has 138 valence electrons. The second-order valence-corrected chi connectivity index (χ2v) is 6.59. The molecule has 0 saturated carbocycles. The number of methoxy groups -OCH3 is 1. The summed E-state index contributed by atoms with van der Waals surface area (Å²) in [4.78, 5) is 21.0. The minimum atomic E-state index is -0.0449. The number of nitrogens with one attached hydrogen (secondary N) is 1. The molecule has 0 bridgehead atoms. The standard InChI is InChI=1S/C20H26N4O2/c1-15-6-4-8-18(16(15)2)24-12-10-23(11-13-24)14-19(25)22-17-7-5-9-21-20(17)26-3/h4-9H,10-14H2,1-3H3,(H,22,25). The first-order valence-corrected chi connectivity index (χ1v) is 8.91. The van der Waals surface area contributed by atoms with Crippen LogP contribution in [-0.2, 0) is 4.79 Å². The summed E-state index contributed by atoms with van der Waals surface area (Å²) in [6.07, 6.45) is 1.64. The molecule has 0 aliphatic carbocycles. The Labute approximate surface area is 154 Å². The maximum atomic E-state index is 12.3. The average molecular weight is 354 g/mol. The molecule has 0 atom stereocenters. The molecule has 0 unspecified atom stereocenters. The molecule has 1 N–H and O–H groups in total. The van der Waals surface area contributed by atoms with Gasteiger partial charge in [-0.25, -0.2) is 4.98 Å². The second-order valence-electron chi connectivity index (χ2n) is 6.59. The number of hydrogen-bond acceptors (Lipinski definition) is 5. The lowest BCUT2D eigenvalue weighted by atomic mass is 10.1. The lowest BCUT2D eigenvalue weighted by molar-refractivity contribution is -0.117. The van der Waals surface area contributed by atoms with Crippen LogP contribution in [0.2, 0.25) is 0 Å². The van der Waals surface area contributed by atoms with Crippen molar-refractivity contribution in [2.45, 2.75) is 13.8 Å². The highest BCUT2D eigenvalue weighted by Crippen LogP contribution is 2.24. The van der Waals surface area contributed by atoms with Crippen LogP contribution in [0.1, 0.15) is 11.1 Å². The number of aryl methyl sites for hydroxylation is 1. The van der Waals surface area contributed by atoms with Crippen LogP contribution in [0.3, 0.4) is 0 Å². The summed E-state index contributed by atoms with van der Waals surface area (Å²) < 4.78 is 5.17. The molecular formula is C20H26N4O2. The van der Waals surface area contributed by atoms with Gasteiger partial charge in [-0.05, 0) is 43.2 Å². The van der Waals surface area contributed by atoms with E-state index in [2.05, 4.69) is 52.1 Å². The first-order chi connectivity index (χ1) is 12.6. The van der Waals surface area contributed by atoms with E-state index in [0.717, 1.165) is 26.2 Å². The van der Waals surface area contributed by atoms with Gasteiger partial charge in [-0.1, -0.05) is 12.1 Å². The summed E-state index contributed by atoms with van der Waals surface area (Å²) >= 11 is 0. The van der Waals surface area contributed by atoms with Gasteiger partial charge in [0, 0.05) is 38.1 Å². The Bertz CT molecular complexity index is 770. The number of amides is 1. The fourth-order valence-electron chi connectivity index (χ4n) is 3.27. The van der Waals surface area contributed by atoms with Crippen molar-refractivity contribution in [2.24, 2.45) is 0 Å². The number of benzene rings is 1. The third-order valence-corrected chi connectivity index (χ3v) is 4.89. The highest BCUT2D eigenvalue weighted by Gasteiger charge is 2.21. The average Bonchev–Trinajstić information content (AvgIpc) is 2.65. The highest BCUT2D eigenvalue weighted by molar-refractivity contribution is 5.93. The first kappa shape index (κ1) is 18.2. The third kappa shape index (κ3) is 4.14. The highest BCUT2D eigenvalue weighted by atomic mass is 16.5. The van der Waals surface area contributed by atoms with Crippen molar-refractivity contribution in [3.8, 4) is 5.88 Å². The van der Waals surface area contributed by atoms with Gasteiger partial charge in [0.1, 0.15) is 5.69 Å². The maximum absolute atomic E-state index is 12.3. The van der Waals surface area contributed by atoms with E-state index in [9.17, 15) is 4.79 Å². The fourth-order valence-corrected chi connectivity index (χ4v) is 3.27. The van der Waals surface area contributed by atoms with Crippen molar-refractivity contribution in [2.75, 3.05) is 50.1 Å². The minimum Gasteiger partial charge on any atom is -0.480 e. The quantitative estimate of drug-likeness (QED) is 0.894. The molecule has 0 spiro atoms. The molecule has 26 heavy (non-hydrogen) atoms. The molecule has 1 aromatic carbocycles. The van der Waals surface area contributed by atoms with Gasteiger partial charge in [0.05, 0.1) is 13.7 Å². The Morgan fingerprint density at radius 2 is 1.92 bits per heavy atom. The number of carbonyl (C=O) groups is 1. The van der Waals surface area contributed by atoms with Gasteiger partial charge in [-0.3, -0.25) is 9.69 Å². The molecule has 6 heteroatoms. The van der Waals surface area contributed by atoms with Crippen LogP contribution in [0.4, 0.5) is 11.4 Å². The van der Waals surface area contributed by atoms with Gasteiger partial charge in [0.2, 0.25) is 11.8 Å². The number of rotatable bonds is 5. The number of hydrogen-bond donors (Lipinski definition) is 1. The van der Waals surface area contributed by atoms with Crippen LogP contribution in [0, 0.1) is 13.8 Å². The molecule has 1 aromatic heterocycles. The molecule has 1 aliphatic heterocycles. The van der Waals surface area contributed by atoms with Gasteiger partial charge in [0.25, 0.3) is 0 Å². The van der Waals surface area contributed by atoms with E-state index < -0.39 is 0 Å². The molecule has 1 fully saturated rings. The van der Waals surface area contributed by atoms with Gasteiger partial charge in [0.15, 0.2) is 0 Å². The Morgan fingerprint density at radius 1 is 1.15 bits per heavy atom. The van der Waals surface area contributed by atoms with E-state index in [4.69, 9.17) is 4.74 Å². The van der Waals surface area contributed by atoms with Crippen LogP contribution in [0.5, 0.6) is 5.88 Å². The fraction of sp³-hybridized carbons (Fsp3) is 0.400. The molecule has 2 aromatic rings. The zero-order chi connectivity index (χ0) is 18.5. The van der Waals surface area contributed by atoms with E-state index in [-0.39, 0.29) is 5.91 Å². The van der Waals surface area contributed by atoms with Crippen molar-refractivity contribution in [3.05, 3.63) is 47.7 Å². The van der Waals surface area contributed by atoms with Gasteiger partial charge < -0.3 is 15.0 Å².